The molecule has 0 saturated carbocycles. The zero-order chi connectivity index (χ0) is 13.5. The van der Waals surface area contributed by atoms with E-state index in [1.807, 2.05) is 23.5 Å². The Balaban J connectivity index is 1.74. The molecule has 0 aliphatic heterocycles. The van der Waals surface area contributed by atoms with E-state index in [1.54, 1.807) is 0 Å². The van der Waals surface area contributed by atoms with Crippen molar-refractivity contribution in [2.24, 2.45) is 0 Å². The molecule has 2 rings (SSSR count). The summed E-state index contributed by atoms with van der Waals surface area (Å²) in [6, 6.07) is 12.9. The van der Waals surface area contributed by atoms with E-state index in [0.717, 1.165) is 18.7 Å². The van der Waals surface area contributed by atoms with Crippen LogP contribution in [0.2, 0.25) is 0 Å². The minimum atomic E-state index is 0.445. The van der Waals surface area contributed by atoms with E-state index in [-0.39, 0.29) is 0 Å². The summed E-state index contributed by atoms with van der Waals surface area (Å²) in [5, 5.41) is 5.67. The lowest BCUT2D eigenvalue weighted by Crippen LogP contribution is -2.25. The first kappa shape index (κ1) is 14.1. The zero-order valence-corrected chi connectivity index (χ0v) is 12.4. The number of thiophene rings is 1. The van der Waals surface area contributed by atoms with E-state index < -0.39 is 0 Å². The maximum atomic E-state index is 5.74. The van der Waals surface area contributed by atoms with Gasteiger partial charge >= 0.3 is 0 Å². The summed E-state index contributed by atoms with van der Waals surface area (Å²) in [6.45, 7) is 5.85. The van der Waals surface area contributed by atoms with Gasteiger partial charge in [0, 0.05) is 17.5 Å². The van der Waals surface area contributed by atoms with E-state index in [2.05, 4.69) is 48.8 Å². The standard InChI is InChI=1S/C16H21NOS/c1-3-15(16-8-5-11-19-16)17-9-10-18-14-7-4-6-13(2)12-14/h4-8,11-12,15,17H,3,9-10H2,1-2H3. The van der Waals surface area contributed by atoms with Crippen LogP contribution in [0.1, 0.15) is 29.8 Å². The monoisotopic (exact) mass is 275 g/mol. The zero-order valence-electron chi connectivity index (χ0n) is 11.6. The van der Waals surface area contributed by atoms with Crippen molar-refractivity contribution in [3.8, 4) is 5.75 Å². The second-order valence-corrected chi connectivity index (χ2v) is 5.57. The van der Waals surface area contributed by atoms with E-state index >= 15 is 0 Å². The molecular weight excluding hydrogens is 254 g/mol. The van der Waals surface area contributed by atoms with Gasteiger partial charge in [-0.15, -0.1) is 11.3 Å². The van der Waals surface area contributed by atoms with Crippen molar-refractivity contribution in [3.05, 3.63) is 52.2 Å². The number of hydrogen-bond acceptors (Lipinski definition) is 3. The largest absolute Gasteiger partial charge is 0.492 e. The Kier molecular flexibility index (Phi) is 5.43. The first-order valence-electron chi connectivity index (χ1n) is 6.76. The molecule has 0 aliphatic rings. The van der Waals surface area contributed by atoms with Gasteiger partial charge in [0.15, 0.2) is 0 Å². The molecule has 1 unspecified atom stereocenters. The molecular formula is C16H21NOS. The Bertz CT molecular complexity index is 481. The molecule has 3 heteroatoms. The highest BCUT2D eigenvalue weighted by Gasteiger charge is 2.08. The SMILES string of the molecule is CCC(NCCOc1cccc(C)c1)c1cccs1. The first-order chi connectivity index (χ1) is 9.29. The van der Waals surface area contributed by atoms with Gasteiger partial charge < -0.3 is 10.1 Å². The summed E-state index contributed by atoms with van der Waals surface area (Å²) in [5.74, 6) is 0.950. The van der Waals surface area contributed by atoms with Gasteiger partial charge in [-0.2, -0.15) is 0 Å². The molecule has 2 nitrogen and oxygen atoms in total. The van der Waals surface area contributed by atoms with Crippen LogP contribution < -0.4 is 10.1 Å². The Hall–Kier alpha value is -1.32. The average Bonchev–Trinajstić information content (AvgIpc) is 2.93. The van der Waals surface area contributed by atoms with Gasteiger partial charge in [-0.05, 0) is 42.5 Å². The van der Waals surface area contributed by atoms with Crippen LogP contribution in [0.5, 0.6) is 5.75 Å². The number of rotatable bonds is 7. The normalized spacial score (nSPS) is 12.3. The molecule has 1 heterocycles. The van der Waals surface area contributed by atoms with Crippen molar-refractivity contribution >= 4 is 11.3 Å². The van der Waals surface area contributed by atoms with Crippen LogP contribution in [0.4, 0.5) is 0 Å². The summed E-state index contributed by atoms with van der Waals surface area (Å²) in [6.07, 6.45) is 1.10. The van der Waals surface area contributed by atoms with Gasteiger partial charge in [-0.1, -0.05) is 25.1 Å². The molecule has 1 aromatic carbocycles. The predicted molar refractivity (Wildman–Crippen MR) is 82.0 cm³/mol. The Morgan fingerprint density at radius 3 is 2.84 bits per heavy atom. The molecule has 1 aromatic heterocycles. The van der Waals surface area contributed by atoms with Gasteiger partial charge in [-0.25, -0.2) is 0 Å². The van der Waals surface area contributed by atoms with E-state index in [4.69, 9.17) is 4.74 Å². The van der Waals surface area contributed by atoms with Crippen LogP contribution in [-0.4, -0.2) is 13.2 Å². The fraction of sp³-hybridized carbons (Fsp3) is 0.375. The molecule has 102 valence electrons. The van der Waals surface area contributed by atoms with Crippen molar-refractivity contribution in [2.75, 3.05) is 13.2 Å². The highest BCUT2D eigenvalue weighted by atomic mass is 32.1. The number of nitrogens with one attached hydrogen (secondary N) is 1. The molecule has 19 heavy (non-hydrogen) atoms. The van der Waals surface area contributed by atoms with Crippen molar-refractivity contribution in [1.29, 1.82) is 0 Å². The van der Waals surface area contributed by atoms with Crippen LogP contribution in [0.3, 0.4) is 0 Å². The molecule has 0 bridgehead atoms. The Labute approximate surface area is 119 Å². The predicted octanol–water partition coefficient (Wildman–Crippen LogP) is 4.18. The molecule has 0 fully saturated rings. The van der Waals surface area contributed by atoms with Crippen molar-refractivity contribution in [2.45, 2.75) is 26.3 Å². The van der Waals surface area contributed by atoms with Crippen LogP contribution >= 0.6 is 11.3 Å². The molecule has 0 aliphatic carbocycles. The molecule has 1 N–H and O–H groups in total. The lowest BCUT2D eigenvalue weighted by atomic mass is 10.2. The van der Waals surface area contributed by atoms with E-state index in [1.165, 1.54) is 10.4 Å². The third-order valence-corrected chi connectivity index (χ3v) is 4.03. The molecule has 1 atom stereocenters. The fourth-order valence-electron chi connectivity index (χ4n) is 2.04. The average molecular weight is 275 g/mol. The fourth-order valence-corrected chi connectivity index (χ4v) is 2.93. The lowest BCUT2D eigenvalue weighted by Gasteiger charge is -2.15. The molecule has 2 aromatic rings. The van der Waals surface area contributed by atoms with Gasteiger partial charge in [-0.3, -0.25) is 0 Å². The molecule has 0 saturated heterocycles. The highest BCUT2D eigenvalue weighted by molar-refractivity contribution is 7.10. The third kappa shape index (κ3) is 4.37. The van der Waals surface area contributed by atoms with Gasteiger partial charge in [0.05, 0.1) is 0 Å². The van der Waals surface area contributed by atoms with E-state index in [9.17, 15) is 0 Å². The number of benzene rings is 1. The van der Waals surface area contributed by atoms with Gasteiger partial charge in [0.2, 0.25) is 0 Å². The number of aryl methyl sites for hydroxylation is 1. The van der Waals surface area contributed by atoms with Gasteiger partial charge in [0.25, 0.3) is 0 Å². The number of hydrogen-bond donors (Lipinski definition) is 1. The van der Waals surface area contributed by atoms with Crippen LogP contribution in [0.15, 0.2) is 41.8 Å². The molecule has 0 spiro atoms. The van der Waals surface area contributed by atoms with Gasteiger partial charge in [0.1, 0.15) is 12.4 Å². The van der Waals surface area contributed by atoms with Crippen LogP contribution in [-0.2, 0) is 0 Å². The van der Waals surface area contributed by atoms with Crippen molar-refractivity contribution < 1.29 is 4.74 Å². The summed E-state index contributed by atoms with van der Waals surface area (Å²) in [7, 11) is 0. The first-order valence-corrected chi connectivity index (χ1v) is 7.64. The summed E-state index contributed by atoms with van der Waals surface area (Å²) in [4.78, 5) is 1.40. The van der Waals surface area contributed by atoms with Crippen molar-refractivity contribution in [1.82, 2.24) is 5.32 Å². The smallest absolute Gasteiger partial charge is 0.119 e. The Morgan fingerprint density at radius 2 is 2.16 bits per heavy atom. The van der Waals surface area contributed by atoms with Crippen LogP contribution in [0.25, 0.3) is 0 Å². The lowest BCUT2D eigenvalue weighted by molar-refractivity contribution is 0.304. The topological polar surface area (TPSA) is 21.3 Å². The third-order valence-electron chi connectivity index (χ3n) is 3.05. The maximum Gasteiger partial charge on any atom is 0.119 e. The molecule has 0 radical (unpaired) electrons. The Morgan fingerprint density at radius 1 is 1.26 bits per heavy atom. The number of ether oxygens (including phenoxy) is 1. The second-order valence-electron chi connectivity index (χ2n) is 4.60. The minimum absolute atomic E-state index is 0.445. The highest BCUT2D eigenvalue weighted by Crippen LogP contribution is 2.21. The maximum absolute atomic E-state index is 5.74. The van der Waals surface area contributed by atoms with Crippen molar-refractivity contribution in [3.63, 3.8) is 0 Å². The quantitative estimate of drug-likeness (QED) is 0.766. The summed E-state index contributed by atoms with van der Waals surface area (Å²) < 4.78 is 5.74. The van der Waals surface area contributed by atoms with E-state index in [0.29, 0.717) is 12.6 Å². The summed E-state index contributed by atoms with van der Waals surface area (Å²) >= 11 is 1.81. The van der Waals surface area contributed by atoms with Crippen LogP contribution in [0, 0.1) is 6.92 Å². The molecule has 0 amide bonds. The summed E-state index contributed by atoms with van der Waals surface area (Å²) in [5.41, 5.74) is 1.23. The second kappa shape index (κ2) is 7.31. The minimum Gasteiger partial charge on any atom is -0.492 e.